The van der Waals surface area contributed by atoms with E-state index in [0.29, 0.717) is 10.7 Å². The van der Waals surface area contributed by atoms with Gasteiger partial charge in [-0.3, -0.25) is 9.59 Å². The maximum Gasteiger partial charge on any atom is 0.251 e. The summed E-state index contributed by atoms with van der Waals surface area (Å²) in [5, 5.41) is 2.63. The van der Waals surface area contributed by atoms with Crippen LogP contribution in [0, 0.1) is 5.92 Å². The van der Waals surface area contributed by atoms with Crippen molar-refractivity contribution in [3.05, 3.63) is 4.88 Å². The fourth-order valence-corrected chi connectivity index (χ4v) is 3.01. The SMILES string of the molecule is COCC(=O)Nc1nc(SC)sc1C(=O)C1CC1. The van der Waals surface area contributed by atoms with Crippen LogP contribution in [0.15, 0.2) is 4.34 Å². The molecule has 1 amide bonds. The molecule has 0 bridgehead atoms. The first kappa shape index (κ1) is 13.5. The summed E-state index contributed by atoms with van der Waals surface area (Å²) in [5.74, 6) is 0.308. The second-order valence-corrected chi connectivity index (χ2v) is 6.03. The minimum Gasteiger partial charge on any atom is -0.375 e. The Morgan fingerprint density at radius 2 is 2.28 bits per heavy atom. The molecular weight excluding hydrogens is 272 g/mol. The van der Waals surface area contributed by atoms with Gasteiger partial charge >= 0.3 is 0 Å². The van der Waals surface area contributed by atoms with Crippen LogP contribution in [0.2, 0.25) is 0 Å². The van der Waals surface area contributed by atoms with Crippen molar-refractivity contribution >= 4 is 40.6 Å². The lowest BCUT2D eigenvalue weighted by Crippen LogP contribution is -2.19. The minimum atomic E-state index is -0.291. The van der Waals surface area contributed by atoms with Gasteiger partial charge in [-0.05, 0) is 19.1 Å². The van der Waals surface area contributed by atoms with Gasteiger partial charge < -0.3 is 10.1 Å². The zero-order valence-corrected chi connectivity index (χ0v) is 11.8. The lowest BCUT2D eigenvalue weighted by molar-refractivity contribution is -0.119. The number of aromatic nitrogens is 1. The number of nitrogens with one attached hydrogen (secondary N) is 1. The molecule has 1 fully saturated rings. The number of ketones is 1. The Morgan fingerprint density at radius 1 is 1.56 bits per heavy atom. The number of thioether (sulfide) groups is 1. The summed E-state index contributed by atoms with van der Waals surface area (Å²) in [6, 6.07) is 0. The third-order valence-electron chi connectivity index (χ3n) is 2.49. The number of anilines is 1. The molecule has 1 aliphatic rings. The molecule has 0 unspecified atom stereocenters. The maximum absolute atomic E-state index is 12.1. The zero-order valence-electron chi connectivity index (χ0n) is 10.2. The van der Waals surface area contributed by atoms with E-state index in [-0.39, 0.29) is 24.2 Å². The summed E-state index contributed by atoms with van der Waals surface area (Å²) >= 11 is 2.81. The van der Waals surface area contributed by atoms with Crippen LogP contribution in [0.3, 0.4) is 0 Å². The Bertz CT molecular complexity index is 469. The molecule has 0 atom stereocenters. The van der Waals surface area contributed by atoms with Crippen molar-refractivity contribution in [2.24, 2.45) is 5.92 Å². The summed E-state index contributed by atoms with van der Waals surface area (Å²) in [4.78, 5) is 28.4. The van der Waals surface area contributed by atoms with Crippen LogP contribution in [-0.2, 0) is 9.53 Å². The molecule has 1 aromatic heterocycles. The molecule has 1 N–H and O–H groups in total. The molecule has 1 heterocycles. The van der Waals surface area contributed by atoms with E-state index in [0.717, 1.165) is 17.2 Å². The molecular formula is C11H14N2O3S2. The number of rotatable bonds is 6. The van der Waals surface area contributed by atoms with Gasteiger partial charge in [0.15, 0.2) is 15.9 Å². The molecule has 0 radical (unpaired) electrons. The maximum atomic E-state index is 12.1. The average molecular weight is 286 g/mol. The van der Waals surface area contributed by atoms with Crippen molar-refractivity contribution in [3.63, 3.8) is 0 Å². The monoisotopic (exact) mass is 286 g/mol. The van der Waals surface area contributed by atoms with Crippen molar-refractivity contribution in [3.8, 4) is 0 Å². The number of carbonyl (C=O) groups excluding carboxylic acids is 2. The Kier molecular flexibility index (Phi) is 4.36. The predicted molar refractivity (Wildman–Crippen MR) is 71.5 cm³/mol. The Labute approximate surface area is 113 Å². The molecule has 7 heteroatoms. The van der Waals surface area contributed by atoms with Crippen LogP contribution in [0.25, 0.3) is 0 Å². The fourth-order valence-electron chi connectivity index (χ4n) is 1.47. The highest BCUT2D eigenvalue weighted by Gasteiger charge is 2.34. The quantitative estimate of drug-likeness (QED) is 0.640. The van der Waals surface area contributed by atoms with Crippen LogP contribution < -0.4 is 5.32 Å². The van der Waals surface area contributed by atoms with E-state index in [9.17, 15) is 9.59 Å². The molecule has 2 rings (SSSR count). The van der Waals surface area contributed by atoms with Crippen molar-refractivity contribution in [1.82, 2.24) is 4.98 Å². The highest BCUT2D eigenvalue weighted by Crippen LogP contribution is 2.38. The lowest BCUT2D eigenvalue weighted by atomic mass is 10.2. The molecule has 0 spiro atoms. The zero-order chi connectivity index (χ0) is 13.1. The standard InChI is InChI=1S/C11H14N2O3S2/c1-16-5-7(14)12-10-9(8(15)6-3-4-6)18-11(13-10)17-2/h6H,3-5H2,1-2H3,(H,12,14). The molecule has 5 nitrogen and oxygen atoms in total. The van der Waals surface area contributed by atoms with Gasteiger partial charge in [-0.1, -0.05) is 11.8 Å². The summed E-state index contributed by atoms with van der Waals surface area (Å²) < 4.78 is 5.53. The smallest absolute Gasteiger partial charge is 0.251 e. The van der Waals surface area contributed by atoms with Crippen LogP contribution in [0.4, 0.5) is 5.82 Å². The summed E-state index contributed by atoms with van der Waals surface area (Å²) in [7, 11) is 1.45. The molecule has 0 aromatic carbocycles. The second-order valence-electron chi connectivity index (χ2n) is 3.98. The van der Waals surface area contributed by atoms with E-state index in [1.807, 2.05) is 6.26 Å². The number of hydrogen-bond acceptors (Lipinski definition) is 6. The van der Waals surface area contributed by atoms with E-state index < -0.39 is 0 Å². The first-order chi connectivity index (χ1) is 8.65. The number of hydrogen-bond donors (Lipinski definition) is 1. The van der Waals surface area contributed by atoms with Gasteiger partial charge in [-0.15, -0.1) is 11.3 Å². The normalized spacial score (nSPS) is 14.6. The molecule has 98 valence electrons. The second kappa shape index (κ2) is 5.81. The molecule has 0 saturated heterocycles. The summed E-state index contributed by atoms with van der Waals surface area (Å²) in [6.45, 7) is -0.0385. The average Bonchev–Trinajstić information content (AvgIpc) is 3.11. The van der Waals surface area contributed by atoms with Crippen LogP contribution in [0.1, 0.15) is 22.5 Å². The van der Waals surface area contributed by atoms with Crippen molar-refractivity contribution < 1.29 is 14.3 Å². The van der Waals surface area contributed by atoms with E-state index >= 15 is 0 Å². The number of carbonyl (C=O) groups is 2. The van der Waals surface area contributed by atoms with Crippen LogP contribution in [0.5, 0.6) is 0 Å². The molecule has 0 aliphatic heterocycles. The number of methoxy groups -OCH3 is 1. The predicted octanol–water partition coefficient (Wildman–Crippen LogP) is 2.04. The van der Waals surface area contributed by atoms with Crippen molar-refractivity contribution in [1.29, 1.82) is 0 Å². The molecule has 1 aliphatic carbocycles. The number of ether oxygens (including phenoxy) is 1. The van der Waals surface area contributed by atoms with Gasteiger partial charge in [0.25, 0.3) is 5.91 Å². The Hall–Kier alpha value is -0.920. The van der Waals surface area contributed by atoms with E-state index in [2.05, 4.69) is 10.3 Å². The summed E-state index contributed by atoms with van der Waals surface area (Å²) in [6.07, 6.45) is 3.78. The highest BCUT2D eigenvalue weighted by atomic mass is 32.2. The molecule has 18 heavy (non-hydrogen) atoms. The molecule has 1 aromatic rings. The lowest BCUT2D eigenvalue weighted by Gasteiger charge is -2.03. The van der Waals surface area contributed by atoms with Crippen LogP contribution in [-0.4, -0.2) is 36.6 Å². The van der Waals surface area contributed by atoms with Gasteiger partial charge in [-0.25, -0.2) is 4.98 Å². The van der Waals surface area contributed by atoms with Gasteiger partial charge in [0.2, 0.25) is 0 Å². The van der Waals surface area contributed by atoms with Gasteiger partial charge in [0.1, 0.15) is 11.5 Å². The largest absolute Gasteiger partial charge is 0.375 e. The highest BCUT2D eigenvalue weighted by molar-refractivity contribution is 8.00. The van der Waals surface area contributed by atoms with E-state index in [4.69, 9.17) is 4.74 Å². The topological polar surface area (TPSA) is 68.3 Å². The van der Waals surface area contributed by atoms with Crippen molar-refractivity contribution in [2.75, 3.05) is 25.3 Å². The van der Waals surface area contributed by atoms with Crippen LogP contribution >= 0.6 is 23.1 Å². The van der Waals surface area contributed by atoms with E-state index in [1.54, 1.807) is 0 Å². The minimum absolute atomic E-state index is 0.0385. The van der Waals surface area contributed by atoms with Gasteiger partial charge in [-0.2, -0.15) is 0 Å². The van der Waals surface area contributed by atoms with Crippen molar-refractivity contribution in [2.45, 2.75) is 17.2 Å². The van der Waals surface area contributed by atoms with Gasteiger partial charge in [0.05, 0.1) is 0 Å². The fraction of sp³-hybridized carbons (Fsp3) is 0.545. The Balaban J connectivity index is 2.18. The third-order valence-corrected chi connectivity index (χ3v) is 4.54. The van der Waals surface area contributed by atoms with E-state index in [1.165, 1.54) is 30.2 Å². The first-order valence-corrected chi connectivity index (χ1v) is 7.57. The first-order valence-electron chi connectivity index (χ1n) is 5.53. The third kappa shape index (κ3) is 3.09. The number of amides is 1. The number of Topliss-reactive ketones (excluding diaryl/α,β-unsaturated/α-hetero) is 1. The number of thiazole rings is 1. The van der Waals surface area contributed by atoms with Gasteiger partial charge in [0, 0.05) is 13.0 Å². The summed E-state index contributed by atoms with van der Waals surface area (Å²) in [5.41, 5.74) is 0. The number of nitrogens with zero attached hydrogens (tertiary/aromatic N) is 1. The molecule has 1 saturated carbocycles. The Morgan fingerprint density at radius 3 is 2.83 bits per heavy atom.